The monoisotopic (exact) mass is 290 g/mol. The van der Waals surface area contributed by atoms with Crippen LogP contribution in [0.2, 0.25) is 0 Å². The second-order valence-corrected chi connectivity index (χ2v) is 6.73. The first-order valence-electron chi connectivity index (χ1n) is 7.37. The molecule has 0 spiro atoms. The zero-order valence-electron chi connectivity index (χ0n) is 13.1. The molecule has 20 heavy (non-hydrogen) atoms. The Kier molecular flexibility index (Phi) is 7.12. The molecule has 0 bridgehead atoms. The Morgan fingerprint density at radius 2 is 2.10 bits per heavy atom. The Bertz CT molecular complexity index is 465. The summed E-state index contributed by atoms with van der Waals surface area (Å²) >= 11 is 1.89. The van der Waals surface area contributed by atoms with Crippen LogP contribution < -0.4 is 5.32 Å². The van der Waals surface area contributed by atoms with Gasteiger partial charge in [0.15, 0.2) is 0 Å². The Balaban J connectivity index is 2.39. The van der Waals surface area contributed by atoms with Crippen molar-refractivity contribution in [2.75, 3.05) is 12.3 Å². The summed E-state index contributed by atoms with van der Waals surface area (Å²) in [6.07, 6.45) is 3.02. The van der Waals surface area contributed by atoms with Gasteiger partial charge in [0, 0.05) is 4.90 Å². The number of nitrogens with one attached hydrogen (secondary N) is 1. The van der Waals surface area contributed by atoms with Crippen molar-refractivity contribution in [1.29, 1.82) is 5.26 Å². The molecule has 3 heteroatoms. The lowest BCUT2D eigenvalue weighted by molar-refractivity contribution is 0.415. The van der Waals surface area contributed by atoms with Crippen LogP contribution in [0.5, 0.6) is 0 Å². The lowest BCUT2D eigenvalue weighted by Crippen LogP contribution is -2.41. The summed E-state index contributed by atoms with van der Waals surface area (Å²) in [5.41, 5.74) is 2.29. The van der Waals surface area contributed by atoms with Gasteiger partial charge in [-0.05, 0) is 64.0 Å². The predicted octanol–water partition coefficient (Wildman–Crippen LogP) is 4.46. The van der Waals surface area contributed by atoms with E-state index in [2.05, 4.69) is 50.4 Å². The highest BCUT2D eigenvalue weighted by Gasteiger charge is 2.21. The van der Waals surface area contributed by atoms with Gasteiger partial charge < -0.3 is 0 Å². The second-order valence-electron chi connectivity index (χ2n) is 5.59. The molecule has 0 saturated heterocycles. The molecule has 1 rings (SSSR count). The Morgan fingerprint density at radius 3 is 2.70 bits per heavy atom. The van der Waals surface area contributed by atoms with Crippen molar-refractivity contribution in [3.05, 3.63) is 29.3 Å². The molecule has 1 atom stereocenters. The molecule has 0 amide bonds. The van der Waals surface area contributed by atoms with E-state index in [1.54, 1.807) is 0 Å². The average molecular weight is 290 g/mol. The minimum Gasteiger partial charge on any atom is -0.300 e. The number of benzene rings is 1. The number of nitrogens with zero attached hydrogens (tertiary/aromatic N) is 1. The Hall–Kier alpha value is -0.980. The maximum Gasteiger partial charge on any atom is 0.103 e. The van der Waals surface area contributed by atoms with Gasteiger partial charge in [0.05, 0.1) is 6.07 Å². The molecule has 0 aliphatic carbocycles. The molecule has 1 unspecified atom stereocenters. The maximum atomic E-state index is 9.28. The minimum absolute atomic E-state index is 0.376. The van der Waals surface area contributed by atoms with Crippen LogP contribution in [0.25, 0.3) is 0 Å². The lowest BCUT2D eigenvalue weighted by atomic mass is 9.98. The molecule has 1 aromatic carbocycles. The van der Waals surface area contributed by atoms with Crippen molar-refractivity contribution in [2.24, 2.45) is 0 Å². The summed E-state index contributed by atoms with van der Waals surface area (Å²) in [5.74, 6) is 1.06. The second kappa shape index (κ2) is 8.34. The highest BCUT2D eigenvalue weighted by atomic mass is 32.2. The first-order chi connectivity index (χ1) is 9.50. The van der Waals surface area contributed by atoms with E-state index >= 15 is 0 Å². The zero-order chi connectivity index (χ0) is 15.0. The fraction of sp³-hybridized carbons (Fsp3) is 0.588. The van der Waals surface area contributed by atoms with Crippen molar-refractivity contribution >= 4 is 11.8 Å². The first kappa shape index (κ1) is 17.1. The van der Waals surface area contributed by atoms with Crippen LogP contribution in [0.1, 0.15) is 44.2 Å². The number of hydrogen-bond donors (Lipinski definition) is 1. The molecular formula is C17H26N2S. The van der Waals surface area contributed by atoms with Gasteiger partial charge in [0.25, 0.3) is 0 Å². The molecule has 0 heterocycles. The van der Waals surface area contributed by atoms with E-state index in [4.69, 9.17) is 0 Å². The smallest absolute Gasteiger partial charge is 0.103 e. The standard InChI is InChI=1S/C17H26N2S/c1-5-10-19-17(4,13-18)9-6-11-20-16-8-7-14(2)12-15(16)3/h7-8,12,19H,5-6,9-11H2,1-4H3. The maximum absolute atomic E-state index is 9.28. The topological polar surface area (TPSA) is 35.8 Å². The van der Waals surface area contributed by atoms with Crippen LogP contribution in [-0.4, -0.2) is 17.8 Å². The predicted molar refractivity (Wildman–Crippen MR) is 88.2 cm³/mol. The summed E-state index contributed by atoms with van der Waals surface area (Å²) in [4.78, 5) is 1.36. The normalized spacial score (nSPS) is 13.8. The third kappa shape index (κ3) is 5.56. The van der Waals surface area contributed by atoms with E-state index in [1.807, 2.05) is 18.7 Å². The number of thioether (sulfide) groups is 1. The van der Waals surface area contributed by atoms with Gasteiger partial charge in [-0.3, -0.25) is 5.32 Å². The summed E-state index contributed by atoms with van der Waals surface area (Å²) < 4.78 is 0. The van der Waals surface area contributed by atoms with Gasteiger partial charge in [-0.15, -0.1) is 11.8 Å². The molecule has 110 valence electrons. The van der Waals surface area contributed by atoms with Crippen molar-refractivity contribution in [1.82, 2.24) is 5.32 Å². The SMILES string of the molecule is CCCNC(C)(C#N)CCCSc1ccc(C)cc1C. The number of nitriles is 1. The van der Waals surface area contributed by atoms with Crippen LogP contribution in [0.4, 0.5) is 0 Å². The van der Waals surface area contributed by atoms with Gasteiger partial charge in [0.1, 0.15) is 5.54 Å². The average Bonchev–Trinajstić information content (AvgIpc) is 2.43. The van der Waals surface area contributed by atoms with Crippen LogP contribution in [0.15, 0.2) is 23.1 Å². The third-order valence-electron chi connectivity index (χ3n) is 3.42. The van der Waals surface area contributed by atoms with Gasteiger partial charge >= 0.3 is 0 Å². The van der Waals surface area contributed by atoms with Crippen molar-refractivity contribution in [3.8, 4) is 6.07 Å². The fourth-order valence-electron chi connectivity index (χ4n) is 2.15. The zero-order valence-corrected chi connectivity index (χ0v) is 13.9. The fourth-order valence-corrected chi connectivity index (χ4v) is 3.11. The van der Waals surface area contributed by atoms with Crippen LogP contribution >= 0.6 is 11.8 Å². The Labute approximate surface area is 128 Å². The highest BCUT2D eigenvalue weighted by molar-refractivity contribution is 7.99. The molecule has 0 aliphatic heterocycles. The lowest BCUT2D eigenvalue weighted by Gasteiger charge is -2.22. The first-order valence-corrected chi connectivity index (χ1v) is 8.35. The van der Waals surface area contributed by atoms with Crippen LogP contribution in [-0.2, 0) is 0 Å². The van der Waals surface area contributed by atoms with Gasteiger partial charge in [0.2, 0.25) is 0 Å². The number of hydrogen-bond acceptors (Lipinski definition) is 3. The molecule has 0 aliphatic rings. The van der Waals surface area contributed by atoms with E-state index in [0.717, 1.165) is 31.6 Å². The Morgan fingerprint density at radius 1 is 1.35 bits per heavy atom. The summed E-state index contributed by atoms with van der Waals surface area (Å²) in [6, 6.07) is 9.00. The number of aryl methyl sites for hydroxylation is 2. The molecule has 0 fully saturated rings. The molecule has 0 aromatic heterocycles. The largest absolute Gasteiger partial charge is 0.300 e. The quantitative estimate of drug-likeness (QED) is 0.567. The molecule has 0 radical (unpaired) electrons. The van der Waals surface area contributed by atoms with E-state index in [0.29, 0.717) is 0 Å². The molecule has 1 aromatic rings. The van der Waals surface area contributed by atoms with E-state index < -0.39 is 0 Å². The van der Waals surface area contributed by atoms with Crippen LogP contribution in [0.3, 0.4) is 0 Å². The van der Waals surface area contributed by atoms with Crippen molar-refractivity contribution < 1.29 is 0 Å². The summed E-state index contributed by atoms with van der Waals surface area (Å²) in [7, 11) is 0. The minimum atomic E-state index is -0.376. The highest BCUT2D eigenvalue weighted by Crippen LogP contribution is 2.25. The van der Waals surface area contributed by atoms with Crippen molar-refractivity contribution in [3.63, 3.8) is 0 Å². The number of rotatable bonds is 8. The van der Waals surface area contributed by atoms with E-state index in [-0.39, 0.29) is 5.54 Å². The molecular weight excluding hydrogens is 264 g/mol. The van der Waals surface area contributed by atoms with Gasteiger partial charge in [-0.2, -0.15) is 5.26 Å². The molecule has 2 nitrogen and oxygen atoms in total. The van der Waals surface area contributed by atoms with Gasteiger partial charge in [-0.1, -0.05) is 24.6 Å². The summed E-state index contributed by atoms with van der Waals surface area (Å²) in [5, 5.41) is 12.6. The molecule has 1 N–H and O–H groups in total. The van der Waals surface area contributed by atoms with E-state index in [1.165, 1.54) is 16.0 Å². The summed E-state index contributed by atoms with van der Waals surface area (Å²) in [6.45, 7) is 9.33. The molecule has 0 saturated carbocycles. The van der Waals surface area contributed by atoms with Gasteiger partial charge in [-0.25, -0.2) is 0 Å². The van der Waals surface area contributed by atoms with Crippen LogP contribution in [0, 0.1) is 25.2 Å². The van der Waals surface area contributed by atoms with Crippen molar-refractivity contribution in [2.45, 2.75) is 57.4 Å². The van der Waals surface area contributed by atoms with E-state index in [9.17, 15) is 5.26 Å². The third-order valence-corrected chi connectivity index (χ3v) is 4.68.